The lowest BCUT2D eigenvalue weighted by atomic mass is 9.53. The third kappa shape index (κ3) is 2.91. The highest BCUT2D eigenvalue weighted by molar-refractivity contribution is 5.96. The van der Waals surface area contributed by atoms with Crippen LogP contribution in [0.15, 0.2) is 24.0 Å². The molecule has 4 rings (SSSR count). The number of fused-ring (bicyclic) bond motifs is 1. The minimum atomic E-state index is -0.531. The van der Waals surface area contributed by atoms with Crippen molar-refractivity contribution in [2.45, 2.75) is 30.7 Å². The Morgan fingerprint density at radius 1 is 1.30 bits per heavy atom. The molecule has 0 aromatic heterocycles. The van der Waals surface area contributed by atoms with Gasteiger partial charge in [0.05, 0.1) is 21.3 Å². The summed E-state index contributed by atoms with van der Waals surface area (Å²) in [6.45, 7) is 0.827. The monoisotopic (exact) mass is 413 g/mol. The summed E-state index contributed by atoms with van der Waals surface area (Å²) < 4.78 is 15.5. The minimum Gasteiger partial charge on any atom is -0.504 e. The number of piperidine rings is 1. The summed E-state index contributed by atoms with van der Waals surface area (Å²) in [7, 11) is 6.44. The van der Waals surface area contributed by atoms with Gasteiger partial charge in [0.2, 0.25) is 0 Å². The number of nitrogens with zero attached hydrogens (tertiary/aromatic N) is 1. The molecule has 1 saturated heterocycles. The number of ether oxygens (including phenoxy) is 3. The number of hydrogen-bond acceptors (Lipinski definition) is 7. The molecule has 1 aromatic carbocycles. The quantitative estimate of drug-likeness (QED) is 0.598. The Labute approximate surface area is 175 Å². The zero-order valence-corrected chi connectivity index (χ0v) is 17.7. The number of esters is 1. The molecular weight excluding hydrogens is 386 g/mol. The van der Waals surface area contributed by atoms with E-state index in [2.05, 4.69) is 11.9 Å². The van der Waals surface area contributed by atoms with E-state index in [1.807, 2.05) is 6.08 Å². The van der Waals surface area contributed by atoms with Crippen molar-refractivity contribution in [2.75, 3.05) is 34.9 Å². The highest BCUT2D eigenvalue weighted by Crippen LogP contribution is 2.58. The van der Waals surface area contributed by atoms with Gasteiger partial charge >= 0.3 is 5.97 Å². The maximum Gasteiger partial charge on any atom is 0.330 e. The summed E-state index contributed by atoms with van der Waals surface area (Å²) in [5.74, 6) is 0.328. The van der Waals surface area contributed by atoms with Crippen LogP contribution in [0, 0.1) is 5.92 Å². The number of phenols is 1. The predicted molar refractivity (Wildman–Crippen MR) is 110 cm³/mol. The van der Waals surface area contributed by atoms with Crippen molar-refractivity contribution in [3.05, 3.63) is 40.7 Å². The second-order valence-electron chi connectivity index (χ2n) is 8.25. The van der Waals surface area contributed by atoms with Crippen LogP contribution in [0.5, 0.6) is 11.5 Å². The molecular formula is C23H27NO6. The molecule has 160 valence electrons. The molecule has 0 unspecified atom stereocenters. The van der Waals surface area contributed by atoms with Crippen molar-refractivity contribution in [3.63, 3.8) is 0 Å². The van der Waals surface area contributed by atoms with Crippen molar-refractivity contribution in [1.82, 2.24) is 4.90 Å². The molecule has 0 saturated carbocycles. The molecule has 0 radical (unpaired) electrons. The van der Waals surface area contributed by atoms with Gasteiger partial charge in [-0.15, -0.1) is 0 Å². The van der Waals surface area contributed by atoms with Gasteiger partial charge in [-0.2, -0.15) is 0 Å². The molecule has 7 heteroatoms. The van der Waals surface area contributed by atoms with Gasteiger partial charge in [0.15, 0.2) is 23.0 Å². The number of hydrogen-bond donors (Lipinski definition) is 1. The summed E-state index contributed by atoms with van der Waals surface area (Å²) in [4.78, 5) is 26.9. The van der Waals surface area contributed by atoms with E-state index >= 15 is 0 Å². The summed E-state index contributed by atoms with van der Waals surface area (Å²) >= 11 is 0. The van der Waals surface area contributed by atoms with Gasteiger partial charge in [0.1, 0.15) is 0 Å². The zero-order valence-electron chi connectivity index (χ0n) is 17.7. The van der Waals surface area contributed by atoms with Crippen molar-refractivity contribution in [3.8, 4) is 11.5 Å². The van der Waals surface area contributed by atoms with Gasteiger partial charge in [-0.05, 0) is 55.8 Å². The van der Waals surface area contributed by atoms with Gasteiger partial charge in [-0.25, -0.2) is 4.79 Å². The average Bonchev–Trinajstić information content (AvgIpc) is 2.74. The third-order valence-electron chi connectivity index (χ3n) is 6.97. The standard InChI is InChI=1S/C23H27NO6/c1-24-8-7-23-12-17(25)18(28-2)11-15(23)16(24)10-14-13(5-6-20(26)30-4)9-19(29-3)22(27)21(14)23/h5-6,9,11,15-16,27H,7-8,10,12H2,1-4H3/b6-5+/t15-,16+,23-/m1/s1. The van der Waals surface area contributed by atoms with Crippen LogP contribution in [0.1, 0.15) is 29.5 Å². The molecule has 3 aliphatic rings. The second-order valence-corrected chi connectivity index (χ2v) is 8.25. The fourth-order valence-electron chi connectivity index (χ4n) is 5.50. The minimum absolute atomic E-state index is 0.0341. The highest BCUT2D eigenvalue weighted by atomic mass is 16.5. The number of rotatable bonds is 4. The van der Waals surface area contributed by atoms with Crippen molar-refractivity contribution in [2.24, 2.45) is 5.92 Å². The summed E-state index contributed by atoms with van der Waals surface area (Å²) in [5, 5.41) is 11.2. The van der Waals surface area contributed by atoms with Gasteiger partial charge in [0, 0.05) is 35.4 Å². The Morgan fingerprint density at radius 2 is 2.07 bits per heavy atom. The second kappa shape index (κ2) is 7.47. The number of aromatic hydroxyl groups is 1. The van der Waals surface area contributed by atoms with E-state index in [0.717, 1.165) is 29.7 Å². The van der Waals surface area contributed by atoms with Crippen LogP contribution in [-0.4, -0.2) is 62.7 Å². The van der Waals surface area contributed by atoms with Gasteiger partial charge in [0.25, 0.3) is 0 Å². The SMILES string of the molecule is COC(=O)/C=C/c1cc(OC)c(O)c2c1C[C@H]1[C@H]3C=C(OC)C(=O)C[C@@]23CCN1C. The number of Topliss-reactive ketones (excluding diaryl/α,β-unsaturated/α-hetero) is 1. The molecule has 1 heterocycles. The van der Waals surface area contributed by atoms with E-state index in [1.54, 1.807) is 12.1 Å². The Balaban J connectivity index is 1.98. The van der Waals surface area contributed by atoms with Crippen LogP contribution in [0.25, 0.3) is 6.08 Å². The lowest BCUT2D eigenvalue weighted by Gasteiger charge is -2.56. The van der Waals surface area contributed by atoms with Crippen molar-refractivity contribution >= 4 is 17.8 Å². The largest absolute Gasteiger partial charge is 0.504 e. The first-order valence-electron chi connectivity index (χ1n) is 10.0. The van der Waals surface area contributed by atoms with E-state index in [4.69, 9.17) is 14.2 Å². The maximum absolute atomic E-state index is 12.9. The number of allylic oxidation sites excluding steroid dienone is 1. The zero-order chi connectivity index (χ0) is 21.6. The van der Waals surface area contributed by atoms with Crippen LogP contribution in [0.4, 0.5) is 0 Å². The molecule has 7 nitrogen and oxygen atoms in total. The van der Waals surface area contributed by atoms with Gasteiger partial charge in [-0.3, -0.25) is 4.79 Å². The number of likely N-dealkylation sites (N-methyl/N-ethyl adjacent to an activating group) is 1. The van der Waals surface area contributed by atoms with Crippen LogP contribution < -0.4 is 4.74 Å². The third-order valence-corrected chi connectivity index (χ3v) is 6.97. The molecule has 1 N–H and O–H groups in total. The van der Waals surface area contributed by atoms with Crippen molar-refractivity contribution in [1.29, 1.82) is 0 Å². The number of benzene rings is 1. The van der Waals surface area contributed by atoms with Gasteiger partial charge < -0.3 is 24.2 Å². The maximum atomic E-state index is 12.9. The fourth-order valence-corrected chi connectivity index (χ4v) is 5.50. The molecule has 0 amide bonds. The molecule has 1 aromatic rings. The first kappa shape index (κ1) is 20.5. The normalized spacial score (nSPS) is 27.9. The number of phenolic OH excluding ortho intramolecular Hbond substituents is 1. The number of likely N-dealkylation sites (tertiary alicyclic amines) is 1. The van der Waals surface area contributed by atoms with Crippen LogP contribution in [-0.2, 0) is 30.9 Å². The number of carbonyl (C=O) groups is 2. The molecule has 30 heavy (non-hydrogen) atoms. The smallest absolute Gasteiger partial charge is 0.330 e. The van der Waals surface area contributed by atoms with E-state index in [0.29, 0.717) is 17.9 Å². The molecule has 0 spiro atoms. The first-order valence-corrected chi connectivity index (χ1v) is 10.0. The van der Waals surface area contributed by atoms with Crippen molar-refractivity contribution < 1.29 is 28.9 Å². The molecule has 2 aliphatic carbocycles. The van der Waals surface area contributed by atoms with E-state index < -0.39 is 11.4 Å². The van der Waals surface area contributed by atoms with Crippen LogP contribution >= 0.6 is 0 Å². The highest BCUT2D eigenvalue weighted by Gasteiger charge is 2.57. The molecule has 2 bridgehead atoms. The lowest BCUT2D eigenvalue weighted by molar-refractivity contribution is -0.134. The first-order chi connectivity index (χ1) is 14.4. The Hall–Kier alpha value is -2.80. The average molecular weight is 413 g/mol. The van der Waals surface area contributed by atoms with E-state index in [1.165, 1.54) is 27.4 Å². The Morgan fingerprint density at radius 3 is 2.73 bits per heavy atom. The van der Waals surface area contributed by atoms with E-state index in [9.17, 15) is 14.7 Å². The molecule has 1 fully saturated rings. The summed E-state index contributed by atoms with van der Waals surface area (Å²) in [6.07, 6.45) is 6.69. The Bertz CT molecular complexity index is 965. The number of ketones is 1. The Kier molecular flexibility index (Phi) is 5.10. The van der Waals surface area contributed by atoms with Gasteiger partial charge in [-0.1, -0.05) is 0 Å². The lowest BCUT2D eigenvalue weighted by Crippen LogP contribution is -2.60. The summed E-state index contributed by atoms with van der Waals surface area (Å²) in [5.41, 5.74) is 1.97. The van der Waals surface area contributed by atoms with Crippen LogP contribution in [0.3, 0.4) is 0 Å². The fraction of sp³-hybridized carbons (Fsp3) is 0.478. The topological polar surface area (TPSA) is 85.3 Å². The number of methoxy groups -OCH3 is 3. The predicted octanol–water partition coefficient (Wildman–Crippen LogP) is 2.20. The summed E-state index contributed by atoms with van der Waals surface area (Å²) in [6, 6.07) is 1.89. The van der Waals surface area contributed by atoms with E-state index in [-0.39, 0.29) is 29.9 Å². The number of carbonyl (C=O) groups excluding carboxylic acids is 2. The van der Waals surface area contributed by atoms with Crippen LogP contribution in [0.2, 0.25) is 0 Å². The molecule has 1 aliphatic heterocycles. The molecule has 3 atom stereocenters.